The molecule has 1 N–H and O–H groups in total. The van der Waals surface area contributed by atoms with Gasteiger partial charge in [-0.05, 0) is 48.4 Å². The van der Waals surface area contributed by atoms with Gasteiger partial charge in [0.15, 0.2) is 0 Å². The number of ether oxygens (including phenoxy) is 2. The van der Waals surface area contributed by atoms with Crippen molar-refractivity contribution in [2.75, 3.05) is 19.7 Å². The van der Waals surface area contributed by atoms with Gasteiger partial charge in [-0.25, -0.2) is 4.39 Å². The first kappa shape index (κ1) is 18.4. The molecule has 0 bridgehead atoms. The summed E-state index contributed by atoms with van der Waals surface area (Å²) < 4.78 is 26.1. The van der Waals surface area contributed by atoms with Gasteiger partial charge in [0, 0.05) is 30.8 Å². The van der Waals surface area contributed by atoms with Crippen LogP contribution in [-0.4, -0.2) is 41.7 Å². The monoisotopic (exact) mass is 397 g/mol. The number of benzene rings is 2. The number of carbonyl (C=O) groups is 1. The third-order valence-corrected chi connectivity index (χ3v) is 6.26. The Hall–Kier alpha value is -2.60. The van der Waals surface area contributed by atoms with Gasteiger partial charge >= 0.3 is 5.97 Å². The van der Waals surface area contributed by atoms with Crippen LogP contribution in [0.4, 0.5) is 4.39 Å². The van der Waals surface area contributed by atoms with Gasteiger partial charge < -0.3 is 14.6 Å². The molecule has 1 saturated carbocycles. The highest BCUT2D eigenvalue weighted by Crippen LogP contribution is 2.42. The zero-order valence-electron chi connectivity index (χ0n) is 16.1. The van der Waals surface area contributed by atoms with Crippen LogP contribution in [0.15, 0.2) is 36.4 Å². The summed E-state index contributed by atoms with van der Waals surface area (Å²) in [5, 5.41) is 9.04. The predicted octanol–water partition coefficient (Wildman–Crippen LogP) is 3.60. The van der Waals surface area contributed by atoms with Crippen molar-refractivity contribution in [3.63, 3.8) is 0 Å². The zero-order valence-corrected chi connectivity index (χ0v) is 16.1. The number of halogens is 1. The van der Waals surface area contributed by atoms with E-state index >= 15 is 0 Å². The van der Waals surface area contributed by atoms with E-state index in [4.69, 9.17) is 14.6 Å². The minimum absolute atomic E-state index is 0.208. The number of nitrogens with zero attached hydrogens (tertiary/aromatic N) is 1. The van der Waals surface area contributed by atoms with Gasteiger partial charge in [0.2, 0.25) is 0 Å². The topological polar surface area (TPSA) is 59.0 Å². The Bertz CT molecular complexity index is 936. The minimum atomic E-state index is -0.722. The predicted molar refractivity (Wildman–Crippen MR) is 105 cm³/mol. The van der Waals surface area contributed by atoms with E-state index in [1.807, 2.05) is 24.3 Å². The lowest BCUT2D eigenvalue weighted by Gasteiger charge is -2.43. The maximum absolute atomic E-state index is 14.3. The van der Waals surface area contributed by atoms with Crippen molar-refractivity contribution < 1.29 is 23.8 Å². The van der Waals surface area contributed by atoms with E-state index in [9.17, 15) is 9.18 Å². The summed E-state index contributed by atoms with van der Waals surface area (Å²) in [5.74, 6) is 0.744. The molecule has 6 heteroatoms. The smallest absolute Gasteiger partial charge is 0.309 e. The fourth-order valence-corrected chi connectivity index (χ4v) is 4.29. The second kappa shape index (κ2) is 7.34. The quantitative estimate of drug-likeness (QED) is 0.807. The lowest BCUT2D eigenvalue weighted by Crippen LogP contribution is -2.57. The Morgan fingerprint density at radius 3 is 2.83 bits per heavy atom. The van der Waals surface area contributed by atoms with E-state index in [1.54, 1.807) is 6.07 Å². The number of likely N-dealkylation sites (tertiary alicyclic amines) is 1. The van der Waals surface area contributed by atoms with Crippen LogP contribution < -0.4 is 9.47 Å². The van der Waals surface area contributed by atoms with Crippen LogP contribution in [0.5, 0.6) is 11.5 Å². The summed E-state index contributed by atoms with van der Waals surface area (Å²) in [4.78, 5) is 13.2. The van der Waals surface area contributed by atoms with E-state index in [-0.39, 0.29) is 24.4 Å². The first-order valence-electron chi connectivity index (χ1n) is 10.2. The highest BCUT2D eigenvalue weighted by atomic mass is 19.1. The summed E-state index contributed by atoms with van der Waals surface area (Å²) in [6.07, 6.45) is 3.07. The lowest BCUT2D eigenvalue weighted by atomic mass is 9.93. The third kappa shape index (κ3) is 3.69. The molecule has 3 aliphatic rings. The average molecular weight is 397 g/mol. The van der Waals surface area contributed by atoms with Crippen LogP contribution in [0.25, 0.3) is 0 Å². The maximum atomic E-state index is 14.3. The van der Waals surface area contributed by atoms with Gasteiger partial charge in [-0.1, -0.05) is 18.2 Å². The van der Waals surface area contributed by atoms with E-state index in [2.05, 4.69) is 4.90 Å². The molecule has 1 atom stereocenters. The number of hydrogen-bond acceptors (Lipinski definition) is 4. The second-order valence-electron chi connectivity index (χ2n) is 8.30. The molecule has 1 unspecified atom stereocenters. The number of aliphatic carboxylic acids is 1. The highest BCUT2D eigenvalue weighted by molar-refractivity contribution is 5.71. The fourth-order valence-electron chi connectivity index (χ4n) is 4.29. The van der Waals surface area contributed by atoms with Gasteiger partial charge in [0.25, 0.3) is 0 Å². The Balaban J connectivity index is 1.23. The normalized spacial score (nSPS) is 21.8. The second-order valence-corrected chi connectivity index (χ2v) is 8.30. The highest BCUT2D eigenvalue weighted by Gasteiger charge is 2.38. The summed E-state index contributed by atoms with van der Waals surface area (Å²) in [6.45, 7) is 1.93. The van der Waals surface area contributed by atoms with Crippen LogP contribution in [0.2, 0.25) is 0 Å². The number of fused-ring (bicyclic) bond motifs is 1. The number of hydrogen-bond donors (Lipinski definition) is 1. The van der Waals surface area contributed by atoms with E-state index in [0.717, 1.165) is 36.1 Å². The number of rotatable bonds is 6. The molecule has 0 radical (unpaired) electrons. The summed E-state index contributed by atoms with van der Waals surface area (Å²) >= 11 is 0. The molecule has 5 rings (SSSR count). The Kier molecular flexibility index (Phi) is 4.66. The molecule has 29 heavy (non-hydrogen) atoms. The third-order valence-electron chi connectivity index (χ3n) is 6.26. The van der Waals surface area contributed by atoms with E-state index in [1.165, 1.54) is 6.07 Å². The van der Waals surface area contributed by atoms with Gasteiger partial charge in [0.1, 0.15) is 30.5 Å². The van der Waals surface area contributed by atoms with Gasteiger partial charge in [0.05, 0.1) is 5.92 Å². The molecule has 0 aromatic heterocycles. The van der Waals surface area contributed by atoms with Crippen LogP contribution in [0.1, 0.15) is 35.4 Å². The van der Waals surface area contributed by atoms with Crippen molar-refractivity contribution in [3.05, 3.63) is 58.9 Å². The first-order chi connectivity index (χ1) is 14.1. The molecule has 2 aliphatic heterocycles. The fraction of sp³-hybridized carbons (Fsp3) is 0.435. The minimum Gasteiger partial charge on any atom is -0.492 e. The van der Waals surface area contributed by atoms with Crippen LogP contribution in [0.3, 0.4) is 0 Å². The molecule has 2 aromatic carbocycles. The molecule has 152 valence electrons. The maximum Gasteiger partial charge on any atom is 0.309 e. The van der Waals surface area contributed by atoms with Crippen molar-refractivity contribution in [2.24, 2.45) is 5.92 Å². The van der Waals surface area contributed by atoms with Crippen molar-refractivity contribution in [1.82, 2.24) is 4.90 Å². The van der Waals surface area contributed by atoms with Gasteiger partial charge in [-0.15, -0.1) is 0 Å². The van der Waals surface area contributed by atoms with Crippen LogP contribution in [0, 0.1) is 11.7 Å². The summed E-state index contributed by atoms with van der Waals surface area (Å²) in [5.41, 5.74) is 2.81. The van der Waals surface area contributed by atoms with E-state index < -0.39 is 5.97 Å². The molecule has 2 fully saturated rings. The van der Waals surface area contributed by atoms with Crippen molar-refractivity contribution in [3.8, 4) is 11.5 Å². The Morgan fingerprint density at radius 1 is 1.24 bits per heavy atom. The molecule has 1 saturated heterocycles. The first-order valence-corrected chi connectivity index (χ1v) is 10.2. The number of carboxylic acids is 1. The Labute approximate surface area is 169 Å². The number of carboxylic acid groups (broad SMARTS) is 1. The zero-order chi connectivity index (χ0) is 20.0. The van der Waals surface area contributed by atoms with E-state index in [0.29, 0.717) is 36.9 Å². The SMILES string of the molecule is O=C(O)C1CN(C2COc3cc(OCc4c(F)cccc4C4CC4)ccc3C2)C1. The average Bonchev–Trinajstić information content (AvgIpc) is 3.50. The molecule has 0 spiro atoms. The molecule has 1 aliphatic carbocycles. The standard InChI is InChI=1S/C23H24FNO4/c24-21-3-1-2-19(14-4-5-14)20(21)13-28-18-7-6-15-8-17(12-29-22(15)9-18)25-10-16(11-25)23(26)27/h1-3,6-7,9,14,16-17H,4-5,8,10-13H2,(H,26,27). The lowest BCUT2D eigenvalue weighted by molar-refractivity contribution is -0.149. The summed E-state index contributed by atoms with van der Waals surface area (Å²) in [6, 6.07) is 11.2. The van der Waals surface area contributed by atoms with Crippen molar-refractivity contribution in [2.45, 2.75) is 37.8 Å². The van der Waals surface area contributed by atoms with Gasteiger partial charge in [-0.2, -0.15) is 0 Å². The van der Waals surface area contributed by atoms with Crippen LogP contribution >= 0.6 is 0 Å². The molecular weight excluding hydrogens is 373 g/mol. The summed E-state index contributed by atoms with van der Waals surface area (Å²) in [7, 11) is 0. The van der Waals surface area contributed by atoms with Gasteiger partial charge in [-0.3, -0.25) is 9.69 Å². The van der Waals surface area contributed by atoms with Crippen molar-refractivity contribution in [1.29, 1.82) is 0 Å². The molecule has 0 amide bonds. The molecule has 5 nitrogen and oxygen atoms in total. The molecular formula is C23H24FNO4. The van der Waals surface area contributed by atoms with Crippen LogP contribution in [-0.2, 0) is 17.8 Å². The largest absolute Gasteiger partial charge is 0.492 e. The molecule has 2 aromatic rings. The Morgan fingerprint density at radius 2 is 2.07 bits per heavy atom. The molecule has 2 heterocycles. The van der Waals surface area contributed by atoms with Crippen molar-refractivity contribution >= 4 is 5.97 Å².